The van der Waals surface area contributed by atoms with Gasteiger partial charge in [-0.2, -0.15) is 0 Å². The maximum Gasteiger partial charge on any atom is 1.00 e. The van der Waals surface area contributed by atoms with Crippen LogP contribution in [-0.4, -0.2) is 12.6 Å². The summed E-state index contributed by atoms with van der Waals surface area (Å²) >= 11 is 0. The Kier molecular flexibility index (Phi) is 4.75. The monoisotopic (exact) mass is 105 g/mol. The summed E-state index contributed by atoms with van der Waals surface area (Å²) in [5.74, 6) is 0. The fourth-order valence-corrected chi connectivity index (χ4v) is 1.03. The van der Waals surface area contributed by atoms with Gasteiger partial charge < -0.3 is 5.32 Å². The van der Waals surface area contributed by atoms with Crippen LogP contribution in [0.2, 0.25) is 0 Å². The zero-order chi connectivity index (χ0) is 5.11. The van der Waals surface area contributed by atoms with Crippen molar-refractivity contribution in [1.29, 1.82) is 0 Å². The fraction of sp³-hybridized carbons (Fsp3) is 1.00. The molecule has 1 aliphatic rings. The predicted octanol–water partition coefficient (Wildman–Crippen LogP) is -1.06. The summed E-state index contributed by atoms with van der Waals surface area (Å²) in [5, 5.41) is 4.35. The van der Waals surface area contributed by atoms with Crippen molar-refractivity contribution < 1.29 is 18.9 Å². The molecule has 0 amide bonds. The third-order valence-corrected chi connectivity index (χ3v) is 1.55. The zero-order valence-electron chi connectivity index (χ0n) is 5.85. The summed E-state index contributed by atoms with van der Waals surface area (Å²) in [6.45, 7) is 3.33. The normalized spacial score (nSPS) is 27.4. The molecule has 1 heterocycles. The molecule has 42 valence electrons. The summed E-state index contributed by atoms with van der Waals surface area (Å²) in [4.78, 5) is 0. The third kappa shape index (κ3) is 2.22. The molecule has 2 heteroatoms. The van der Waals surface area contributed by atoms with Gasteiger partial charge in [-0.15, -0.1) is 12.6 Å². The van der Waals surface area contributed by atoms with Crippen LogP contribution in [0.3, 0.4) is 0 Å². The number of hydrogen-bond donors (Lipinski definition) is 0. The third-order valence-electron chi connectivity index (χ3n) is 1.55. The van der Waals surface area contributed by atoms with Crippen LogP contribution in [0.5, 0.6) is 0 Å². The zero-order valence-corrected chi connectivity index (χ0v) is 5.85. The summed E-state index contributed by atoms with van der Waals surface area (Å²) < 4.78 is 0. The van der Waals surface area contributed by atoms with Crippen molar-refractivity contribution in [2.45, 2.75) is 32.2 Å². The summed E-state index contributed by atoms with van der Waals surface area (Å²) in [7, 11) is 0. The first-order valence-electron chi connectivity index (χ1n) is 3.10. The van der Waals surface area contributed by atoms with Gasteiger partial charge in [0.25, 0.3) is 0 Å². The molecule has 0 aromatic heterocycles. The minimum Gasteiger partial charge on any atom is -0.660 e. The number of nitrogens with zero attached hydrogens (tertiary/aromatic N) is 1. The second-order valence-electron chi connectivity index (χ2n) is 2.11. The molecule has 1 unspecified atom stereocenters. The Morgan fingerprint density at radius 2 is 2.38 bits per heavy atom. The Balaban J connectivity index is 0.000000490. The maximum atomic E-state index is 4.35. The van der Waals surface area contributed by atoms with Crippen LogP contribution >= 0.6 is 0 Å². The van der Waals surface area contributed by atoms with Crippen LogP contribution in [0, 0.1) is 0 Å². The second-order valence-corrected chi connectivity index (χ2v) is 2.11. The van der Waals surface area contributed by atoms with Gasteiger partial charge in [0.2, 0.25) is 0 Å². The van der Waals surface area contributed by atoms with Crippen LogP contribution in [0.1, 0.15) is 26.2 Å². The van der Waals surface area contributed by atoms with Gasteiger partial charge in [0.15, 0.2) is 0 Å². The van der Waals surface area contributed by atoms with Crippen molar-refractivity contribution in [3.8, 4) is 0 Å². The molecule has 1 aliphatic heterocycles. The van der Waals surface area contributed by atoms with E-state index in [1.807, 2.05) is 0 Å². The van der Waals surface area contributed by atoms with Crippen LogP contribution in [0.4, 0.5) is 0 Å². The van der Waals surface area contributed by atoms with E-state index >= 15 is 0 Å². The molecular weight excluding hydrogens is 93.0 g/mol. The van der Waals surface area contributed by atoms with E-state index in [2.05, 4.69) is 12.2 Å². The largest absolute Gasteiger partial charge is 1.00 e. The van der Waals surface area contributed by atoms with Crippen molar-refractivity contribution in [3.05, 3.63) is 5.32 Å². The molecule has 1 fully saturated rings. The molecule has 1 atom stereocenters. The summed E-state index contributed by atoms with van der Waals surface area (Å²) in [5.41, 5.74) is 0. The van der Waals surface area contributed by atoms with Gasteiger partial charge in [-0.05, 0) is 0 Å². The van der Waals surface area contributed by atoms with E-state index in [-0.39, 0.29) is 18.9 Å². The quantitative estimate of drug-likeness (QED) is 0.377. The minimum absolute atomic E-state index is 0. The smallest absolute Gasteiger partial charge is 0.660 e. The predicted molar refractivity (Wildman–Crippen MR) is 31.5 cm³/mol. The molecule has 1 nitrogen and oxygen atoms in total. The van der Waals surface area contributed by atoms with Gasteiger partial charge in [0, 0.05) is 0 Å². The van der Waals surface area contributed by atoms with Crippen molar-refractivity contribution >= 4 is 0 Å². The van der Waals surface area contributed by atoms with Gasteiger partial charge in [0.1, 0.15) is 0 Å². The molecular formula is C6H12LiN. The van der Waals surface area contributed by atoms with E-state index < -0.39 is 0 Å². The summed E-state index contributed by atoms with van der Waals surface area (Å²) in [6.07, 6.45) is 3.93. The summed E-state index contributed by atoms with van der Waals surface area (Å²) in [6, 6.07) is 0.722. The van der Waals surface area contributed by atoms with Crippen molar-refractivity contribution in [3.63, 3.8) is 0 Å². The van der Waals surface area contributed by atoms with E-state index in [0.717, 1.165) is 12.6 Å². The Morgan fingerprint density at radius 1 is 1.62 bits per heavy atom. The van der Waals surface area contributed by atoms with E-state index in [9.17, 15) is 0 Å². The van der Waals surface area contributed by atoms with Crippen molar-refractivity contribution in [2.24, 2.45) is 0 Å². The van der Waals surface area contributed by atoms with Crippen LogP contribution < -0.4 is 18.9 Å². The second kappa shape index (κ2) is 4.44. The van der Waals surface area contributed by atoms with E-state index in [1.54, 1.807) is 0 Å². The molecule has 0 N–H and O–H groups in total. The van der Waals surface area contributed by atoms with Crippen molar-refractivity contribution in [1.82, 2.24) is 0 Å². The molecule has 0 aliphatic carbocycles. The molecule has 0 radical (unpaired) electrons. The molecule has 8 heavy (non-hydrogen) atoms. The van der Waals surface area contributed by atoms with E-state index in [4.69, 9.17) is 0 Å². The standard InChI is InChI=1S/C6H12N.Li/c1-2-6-4-3-5-7-6;/h6H,2-5H2,1H3;/q-1;+1. The molecule has 1 saturated heterocycles. The Labute approximate surface area is 63.4 Å². The molecule has 0 spiro atoms. The van der Waals surface area contributed by atoms with Crippen molar-refractivity contribution in [2.75, 3.05) is 6.54 Å². The molecule has 0 bridgehead atoms. The average Bonchev–Trinajstić information content (AvgIpc) is 2.14. The van der Waals surface area contributed by atoms with Gasteiger partial charge in [-0.3, -0.25) is 0 Å². The van der Waals surface area contributed by atoms with E-state index in [0.29, 0.717) is 0 Å². The van der Waals surface area contributed by atoms with Gasteiger partial charge in [-0.1, -0.05) is 26.2 Å². The maximum absolute atomic E-state index is 4.35. The fourth-order valence-electron chi connectivity index (χ4n) is 1.03. The SMILES string of the molecule is CCC1CCC[N-]1.[Li+]. The number of hydrogen-bond acceptors (Lipinski definition) is 0. The van der Waals surface area contributed by atoms with Crippen LogP contribution in [-0.2, 0) is 0 Å². The first-order valence-corrected chi connectivity index (χ1v) is 3.10. The topological polar surface area (TPSA) is 14.1 Å². The Bertz CT molecular complexity index is 50.5. The van der Waals surface area contributed by atoms with Gasteiger partial charge in [0.05, 0.1) is 0 Å². The Hall–Kier alpha value is 0.557. The number of rotatable bonds is 1. The average molecular weight is 105 g/mol. The molecule has 1 rings (SSSR count). The van der Waals surface area contributed by atoms with Gasteiger partial charge >= 0.3 is 18.9 Å². The molecule has 0 aromatic carbocycles. The molecule has 0 saturated carbocycles. The minimum atomic E-state index is 0. The van der Waals surface area contributed by atoms with E-state index in [1.165, 1.54) is 19.3 Å². The first kappa shape index (κ1) is 8.56. The molecule has 0 aromatic rings. The van der Waals surface area contributed by atoms with Crippen LogP contribution in [0.25, 0.3) is 5.32 Å². The first-order chi connectivity index (χ1) is 3.43. The Morgan fingerprint density at radius 3 is 2.62 bits per heavy atom. The van der Waals surface area contributed by atoms with Crippen LogP contribution in [0.15, 0.2) is 0 Å². The van der Waals surface area contributed by atoms with Gasteiger partial charge in [-0.25, -0.2) is 0 Å².